The zero-order chi connectivity index (χ0) is 22.7. The molecule has 0 aromatic heterocycles. The molecule has 3 aromatic rings. The fourth-order valence-electron chi connectivity index (χ4n) is 4.38. The summed E-state index contributed by atoms with van der Waals surface area (Å²) in [6, 6.07) is 22.7. The molecular formula is C27H28N2O3. The van der Waals surface area contributed by atoms with E-state index < -0.39 is 12.0 Å². The number of para-hydroxylation sites is 2. The molecule has 0 spiro atoms. The van der Waals surface area contributed by atoms with Gasteiger partial charge in [-0.05, 0) is 50.1 Å². The van der Waals surface area contributed by atoms with Crippen LogP contribution in [-0.4, -0.2) is 18.9 Å². The van der Waals surface area contributed by atoms with Crippen molar-refractivity contribution in [1.29, 1.82) is 0 Å². The van der Waals surface area contributed by atoms with Crippen molar-refractivity contribution in [3.8, 4) is 5.75 Å². The van der Waals surface area contributed by atoms with E-state index in [2.05, 4.69) is 5.32 Å². The number of amides is 2. The summed E-state index contributed by atoms with van der Waals surface area (Å²) >= 11 is 0. The average Bonchev–Trinajstić information content (AvgIpc) is 2.81. The Morgan fingerprint density at radius 3 is 2.38 bits per heavy atom. The highest BCUT2D eigenvalue weighted by molar-refractivity contribution is 6.00. The first-order chi connectivity index (χ1) is 15.5. The molecule has 0 aliphatic carbocycles. The van der Waals surface area contributed by atoms with Gasteiger partial charge in [0.1, 0.15) is 5.75 Å². The number of benzene rings is 3. The average molecular weight is 429 g/mol. The lowest BCUT2D eigenvalue weighted by Gasteiger charge is -2.41. The van der Waals surface area contributed by atoms with E-state index in [1.807, 2.05) is 86.6 Å². The van der Waals surface area contributed by atoms with E-state index in [0.717, 1.165) is 28.1 Å². The monoisotopic (exact) mass is 428 g/mol. The van der Waals surface area contributed by atoms with Gasteiger partial charge in [0.2, 0.25) is 11.8 Å². The lowest BCUT2D eigenvalue weighted by molar-refractivity contribution is -0.126. The van der Waals surface area contributed by atoms with Crippen molar-refractivity contribution in [3.63, 3.8) is 0 Å². The first kappa shape index (κ1) is 21.6. The molecular weight excluding hydrogens is 400 g/mol. The summed E-state index contributed by atoms with van der Waals surface area (Å²) in [6.07, 6.45) is 0.785. The molecule has 5 heteroatoms. The highest BCUT2D eigenvalue weighted by Gasteiger charge is 2.42. The van der Waals surface area contributed by atoms with Crippen LogP contribution in [0.4, 0.5) is 11.4 Å². The molecule has 0 saturated carbocycles. The van der Waals surface area contributed by atoms with Crippen molar-refractivity contribution in [1.82, 2.24) is 0 Å². The van der Waals surface area contributed by atoms with E-state index in [4.69, 9.17) is 4.74 Å². The Morgan fingerprint density at radius 2 is 1.66 bits per heavy atom. The largest absolute Gasteiger partial charge is 0.496 e. The quantitative estimate of drug-likeness (QED) is 0.589. The third-order valence-corrected chi connectivity index (χ3v) is 6.11. The van der Waals surface area contributed by atoms with Gasteiger partial charge in [-0.2, -0.15) is 0 Å². The third kappa shape index (κ3) is 4.24. The van der Waals surface area contributed by atoms with Gasteiger partial charge in [0.05, 0.1) is 19.1 Å². The van der Waals surface area contributed by atoms with Crippen molar-refractivity contribution in [2.24, 2.45) is 5.92 Å². The molecule has 3 aromatic carbocycles. The van der Waals surface area contributed by atoms with Crippen LogP contribution in [0.5, 0.6) is 5.75 Å². The predicted molar refractivity (Wildman–Crippen MR) is 127 cm³/mol. The Bertz CT molecular complexity index is 1120. The van der Waals surface area contributed by atoms with Crippen molar-refractivity contribution in [2.75, 3.05) is 17.3 Å². The minimum atomic E-state index is -0.473. The number of anilines is 2. The Kier molecular flexibility index (Phi) is 6.26. The molecule has 1 N–H and O–H groups in total. The molecule has 1 fully saturated rings. The number of hydrogen-bond donors (Lipinski definition) is 1. The molecule has 0 bridgehead atoms. The molecule has 32 heavy (non-hydrogen) atoms. The van der Waals surface area contributed by atoms with Crippen LogP contribution < -0.4 is 15.0 Å². The van der Waals surface area contributed by atoms with E-state index in [-0.39, 0.29) is 11.8 Å². The summed E-state index contributed by atoms with van der Waals surface area (Å²) in [5.41, 5.74) is 4.51. The van der Waals surface area contributed by atoms with E-state index in [1.165, 1.54) is 0 Å². The van der Waals surface area contributed by atoms with Gasteiger partial charge >= 0.3 is 0 Å². The predicted octanol–water partition coefficient (Wildman–Crippen LogP) is 5.44. The van der Waals surface area contributed by atoms with E-state index in [1.54, 1.807) is 12.0 Å². The highest BCUT2D eigenvalue weighted by Crippen LogP contribution is 2.43. The Morgan fingerprint density at radius 1 is 0.969 bits per heavy atom. The number of ether oxygens (including phenoxy) is 1. The second-order valence-corrected chi connectivity index (χ2v) is 8.24. The van der Waals surface area contributed by atoms with E-state index in [9.17, 15) is 9.59 Å². The van der Waals surface area contributed by atoms with Gasteiger partial charge in [0.15, 0.2) is 0 Å². The molecule has 0 unspecified atom stereocenters. The number of methoxy groups -OCH3 is 1. The maximum atomic E-state index is 13.6. The highest BCUT2D eigenvalue weighted by atomic mass is 16.5. The van der Waals surface area contributed by atoms with E-state index in [0.29, 0.717) is 18.6 Å². The van der Waals surface area contributed by atoms with Crippen LogP contribution in [0.3, 0.4) is 0 Å². The smallest absolute Gasteiger partial charge is 0.229 e. The van der Waals surface area contributed by atoms with Gasteiger partial charge in [-0.25, -0.2) is 0 Å². The number of carbonyl (C=O) groups is 2. The normalized spacial score (nSPS) is 18.3. The van der Waals surface area contributed by atoms with Crippen molar-refractivity contribution in [3.05, 3.63) is 89.5 Å². The van der Waals surface area contributed by atoms with Gasteiger partial charge in [-0.15, -0.1) is 0 Å². The molecule has 2 atom stereocenters. The number of aryl methyl sites for hydroxylation is 2. The summed E-state index contributed by atoms with van der Waals surface area (Å²) in [5, 5.41) is 3.10. The summed E-state index contributed by atoms with van der Waals surface area (Å²) in [6.45, 7) is 3.98. The fourth-order valence-corrected chi connectivity index (χ4v) is 4.38. The standard InChI is InChI=1S/C27H28N2O3/c1-18-12-14-20(15-13-18)29-25(30)17-16-22(26(29)21-9-5-7-11-24(21)32-3)27(31)28-23-10-6-4-8-19(23)2/h4-15,22,26H,16-17H2,1-3H3,(H,28,31)/t22-,26+/m0/s1. The van der Waals surface area contributed by atoms with Crippen LogP contribution in [0.1, 0.15) is 35.6 Å². The Hall–Kier alpha value is -3.60. The zero-order valence-corrected chi connectivity index (χ0v) is 18.7. The zero-order valence-electron chi connectivity index (χ0n) is 18.7. The number of nitrogens with one attached hydrogen (secondary N) is 1. The molecule has 1 saturated heterocycles. The number of carbonyl (C=O) groups excluding carboxylic acids is 2. The van der Waals surface area contributed by atoms with Gasteiger partial charge in [0.25, 0.3) is 0 Å². The maximum Gasteiger partial charge on any atom is 0.229 e. The molecule has 4 rings (SSSR count). The molecule has 1 aliphatic heterocycles. The fraction of sp³-hybridized carbons (Fsp3) is 0.259. The Labute approximate surface area is 189 Å². The molecule has 0 radical (unpaired) electrons. The summed E-state index contributed by atoms with van der Waals surface area (Å²) in [4.78, 5) is 28.5. The summed E-state index contributed by atoms with van der Waals surface area (Å²) in [5.74, 6) is 0.146. The summed E-state index contributed by atoms with van der Waals surface area (Å²) < 4.78 is 5.63. The molecule has 2 amide bonds. The lowest BCUT2D eigenvalue weighted by atomic mass is 9.82. The van der Waals surface area contributed by atoms with Gasteiger partial charge in [-0.3, -0.25) is 9.59 Å². The number of nitrogens with zero attached hydrogens (tertiary/aromatic N) is 1. The van der Waals surface area contributed by atoms with Crippen molar-refractivity contribution < 1.29 is 14.3 Å². The minimum absolute atomic E-state index is 0.00435. The first-order valence-corrected chi connectivity index (χ1v) is 10.9. The SMILES string of the molecule is COc1ccccc1[C@@H]1[C@@H](C(=O)Nc2ccccc2C)CCC(=O)N1c1ccc(C)cc1. The van der Waals surface area contributed by atoms with Crippen LogP contribution >= 0.6 is 0 Å². The third-order valence-electron chi connectivity index (χ3n) is 6.11. The second kappa shape index (κ2) is 9.27. The van der Waals surface area contributed by atoms with Crippen LogP contribution in [0.15, 0.2) is 72.8 Å². The number of hydrogen-bond acceptors (Lipinski definition) is 3. The number of rotatable bonds is 5. The second-order valence-electron chi connectivity index (χ2n) is 8.24. The summed E-state index contributed by atoms with van der Waals surface area (Å²) in [7, 11) is 1.61. The van der Waals surface area contributed by atoms with Gasteiger partial charge in [0, 0.05) is 23.4 Å². The number of piperidine rings is 1. The molecule has 1 heterocycles. The maximum absolute atomic E-state index is 13.6. The topological polar surface area (TPSA) is 58.6 Å². The Balaban J connectivity index is 1.79. The minimum Gasteiger partial charge on any atom is -0.496 e. The lowest BCUT2D eigenvalue weighted by Crippen LogP contribution is -2.47. The molecule has 1 aliphatic rings. The first-order valence-electron chi connectivity index (χ1n) is 10.9. The molecule has 5 nitrogen and oxygen atoms in total. The van der Waals surface area contributed by atoms with Crippen LogP contribution in [0.25, 0.3) is 0 Å². The van der Waals surface area contributed by atoms with Crippen molar-refractivity contribution >= 4 is 23.2 Å². The van der Waals surface area contributed by atoms with Crippen LogP contribution in [0.2, 0.25) is 0 Å². The van der Waals surface area contributed by atoms with Gasteiger partial charge in [-0.1, -0.05) is 54.1 Å². The van der Waals surface area contributed by atoms with Crippen LogP contribution in [0, 0.1) is 19.8 Å². The van der Waals surface area contributed by atoms with Crippen LogP contribution in [-0.2, 0) is 9.59 Å². The molecule has 164 valence electrons. The van der Waals surface area contributed by atoms with Gasteiger partial charge < -0.3 is 15.0 Å². The van der Waals surface area contributed by atoms with E-state index >= 15 is 0 Å². The van der Waals surface area contributed by atoms with Crippen molar-refractivity contribution in [2.45, 2.75) is 32.7 Å².